The molecule has 1 rings (SSSR count). The fourth-order valence-electron chi connectivity index (χ4n) is 1.79. The van der Waals surface area contributed by atoms with E-state index in [1.165, 1.54) is 0 Å². The first kappa shape index (κ1) is 15.8. The normalized spacial score (nSPS) is 13.2. The topological polar surface area (TPSA) is 50.7 Å². The van der Waals surface area contributed by atoms with Gasteiger partial charge < -0.3 is 19.9 Å². The summed E-state index contributed by atoms with van der Waals surface area (Å²) >= 11 is 0. The number of benzene rings is 1. The van der Waals surface area contributed by atoms with Gasteiger partial charge in [-0.25, -0.2) is 0 Å². The monoisotopic (exact) mass is 267 g/mol. The van der Waals surface area contributed by atoms with Gasteiger partial charge >= 0.3 is 0 Å². The first-order chi connectivity index (χ1) is 8.87. The van der Waals surface area contributed by atoms with E-state index in [4.69, 9.17) is 9.47 Å². The van der Waals surface area contributed by atoms with E-state index in [2.05, 4.69) is 19.2 Å². The van der Waals surface area contributed by atoms with Crippen molar-refractivity contribution in [2.75, 3.05) is 20.3 Å². The maximum absolute atomic E-state index is 9.77. The van der Waals surface area contributed by atoms with Crippen LogP contribution in [0.1, 0.15) is 39.3 Å². The molecule has 0 bridgehead atoms. The van der Waals surface area contributed by atoms with Crippen LogP contribution >= 0.6 is 0 Å². The minimum Gasteiger partial charge on any atom is -0.497 e. The molecular formula is C15H25NO3. The lowest BCUT2D eigenvalue weighted by Gasteiger charge is -2.22. The summed E-state index contributed by atoms with van der Waals surface area (Å²) in [4.78, 5) is 0. The van der Waals surface area contributed by atoms with E-state index in [0.717, 1.165) is 23.6 Å². The quantitative estimate of drug-likeness (QED) is 0.797. The molecule has 0 radical (unpaired) electrons. The van der Waals surface area contributed by atoms with Gasteiger partial charge in [-0.1, -0.05) is 13.0 Å². The van der Waals surface area contributed by atoms with Crippen molar-refractivity contribution in [2.45, 2.75) is 39.3 Å². The van der Waals surface area contributed by atoms with Crippen LogP contribution in [-0.4, -0.2) is 31.0 Å². The minimum absolute atomic E-state index is 0.188. The van der Waals surface area contributed by atoms with Crippen LogP contribution in [0.15, 0.2) is 18.2 Å². The Morgan fingerprint density at radius 2 is 2.05 bits per heavy atom. The highest BCUT2D eigenvalue weighted by atomic mass is 16.5. The molecule has 0 fully saturated rings. The van der Waals surface area contributed by atoms with Gasteiger partial charge in [0.15, 0.2) is 0 Å². The van der Waals surface area contributed by atoms with E-state index in [-0.39, 0.29) is 12.6 Å². The zero-order valence-electron chi connectivity index (χ0n) is 12.5. The van der Waals surface area contributed by atoms with Gasteiger partial charge in [0, 0.05) is 17.7 Å². The lowest BCUT2D eigenvalue weighted by molar-refractivity contribution is 0.0279. The number of aliphatic hydroxyl groups is 1. The molecule has 0 saturated carbocycles. The lowest BCUT2D eigenvalue weighted by atomic mass is 10.1. The molecule has 0 aliphatic carbocycles. The van der Waals surface area contributed by atoms with Crippen molar-refractivity contribution < 1.29 is 14.6 Å². The Labute approximate surface area is 115 Å². The molecule has 0 aromatic heterocycles. The molecule has 19 heavy (non-hydrogen) atoms. The Bertz CT molecular complexity index is 399. The SMILES string of the molecule is CCNC(C)c1ccc(OC)cc1OCC(C)(C)O. The Morgan fingerprint density at radius 1 is 1.37 bits per heavy atom. The van der Waals surface area contributed by atoms with Crippen molar-refractivity contribution in [3.63, 3.8) is 0 Å². The van der Waals surface area contributed by atoms with Crippen molar-refractivity contribution in [3.8, 4) is 11.5 Å². The second-order valence-electron chi connectivity index (χ2n) is 5.28. The third-order valence-corrected chi connectivity index (χ3v) is 2.78. The van der Waals surface area contributed by atoms with Gasteiger partial charge in [0.25, 0.3) is 0 Å². The van der Waals surface area contributed by atoms with E-state index >= 15 is 0 Å². The second kappa shape index (κ2) is 6.78. The summed E-state index contributed by atoms with van der Waals surface area (Å²) in [6, 6.07) is 5.95. The maximum atomic E-state index is 9.77. The molecule has 4 nitrogen and oxygen atoms in total. The van der Waals surface area contributed by atoms with E-state index in [1.807, 2.05) is 18.2 Å². The third-order valence-electron chi connectivity index (χ3n) is 2.78. The molecule has 2 N–H and O–H groups in total. The number of ether oxygens (including phenoxy) is 2. The van der Waals surface area contributed by atoms with Gasteiger partial charge in [-0.2, -0.15) is 0 Å². The van der Waals surface area contributed by atoms with E-state index in [9.17, 15) is 5.11 Å². The number of hydrogen-bond donors (Lipinski definition) is 2. The minimum atomic E-state index is -0.859. The van der Waals surface area contributed by atoms with Crippen LogP contribution in [0.5, 0.6) is 11.5 Å². The van der Waals surface area contributed by atoms with Crippen LogP contribution in [0.3, 0.4) is 0 Å². The van der Waals surface area contributed by atoms with Crippen molar-refractivity contribution in [3.05, 3.63) is 23.8 Å². The third kappa shape index (κ3) is 5.09. The Morgan fingerprint density at radius 3 is 2.58 bits per heavy atom. The number of rotatable bonds is 7. The van der Waals surface area contributed by atoms with Crippen molar-refractivity contribution in [2.24, 2.45) is 0 Å². The van der Waals surface area contributed by atoms with E-state index in [0.29, 0.717) is 0 Å². The molecule has 0 heterocycles. The summed E-state index contributed by atoms with van der Waals surface area (Å²) in [6.07, 6.45) is 0. The number of methoxy groups -OCH3 is 1. The fourth-order valence-corrected chi connectivity index (χ4v) is 1.79. The Hall–Kier alpha value is -1.26. The molecule has 0 aliphatic rings. The smallest absolute Gasteiger partial charge is 0.127 e. The molecule has 1 unspecified atom stereocenters. The molecule has 1 atom stereocenters. The van der Waals surface area contributed by atoms with Gasteiger partial charge in [-0.15, -0.1) is 0 Å². The molecule has 0 aliphatic heterocycles. The van der Waals surface area contributed by atoms with Gasteiger partial charge in [0.2, 0.25) is 0 Å². The predicted molar refractivity (Wildman–Crippen MR) is 76.9 cm³/mol. The fraction of sp³-hybridized carbons (Fsp3) is 0.600. The summed E-state index contributed by atoms with van der Waals surface area (Å²) in [5, 5.41) is 13.1. The average molecular weight is 267 g/mol. The zero-order valence-corrected chi connectivity index (χ0v) is 12.5. The molecule has 0 amide bonds. The van der Waals surface area contributed by atoms with Gasteiger partial charge in [-0.3, -0.25) is 0 Å². The van der Waals surface area contributed by atoms with Crippen LogP contribution in [0.25, 0.3) is 0 Å². The maximum Gasteiger partial charge on any atom is 0.127 e. The van der Waals surface area contributed by atoms with Crippen LogP contribution in [-0.2, 0) is 0 Å². The molecule has 4 heteroatoms. The molecule has 1 aromatic carbocycles. The first-order valence-electron chi connectivity index (χ1n) is 6.64. The summed E-state index contributed by atoms with van der Waals surface area (Å²) in [7, 11) is 1.63. The summed E-state index contributed by atoms with van der Waals surface area (Å²) in [5.41, 5.74) is 0.203. The molecular weight excluding hydrogens is 242 g/mol. The second-order valence-corrected chi connectivity index (χ2v) is 5.28. The molecule has 1 aromatic rings. The van der Waals surface area contributed by atoms with Gasteiger partial charge in [0.1, 0.15) is 18.1 Å². The average Bonchev–Trinajstić information content (AvgIpc) is 2.35. The van der Waals surface area contributed by atoms with Crippen LogP contribution in [0.4, 0.5) is 0 Å². The van der Waals surface area contributed by atoms with Crippen LogP contribution < -0.4 is 14.8 Å². The summed E-state index contributed by atoms with van der Waals surface area (Å²) < 4.78 is 11.0. The largest absolute Gasteiger partial charge is 0.497 e. The van der Waals surface area contributed by atoms with Crippen molar-refractivity contribution in [1.82, 2.24) is 5.32 Å². The van der Waals surface area contributed by atoms with Crippen LogP contribution in [0, 0.1) is 0 Å². The number of hydrogen-bond acceptors (Lipinski definition) is 4. The van der Waals surface area contributed by atoms with Crippen LogP contribution in [0.2, 0.25) is 0 Å². The number of nitrogens with one attached hydrogen (secondary N) is 1. The highest BCUT2D eigenvalue weighted by molar-refractivity contribution is 5.42. The summed E-state index contributed by atoms with van der Waals surface area (Å²) in [6.45, 7) is 8.73. The highest BCUT2D eigenvalue weighted by Crippen LogP contribution is 2.30. The van der Waals surface area contributed by atoms with Gasteiger partial charge in [-0.05, 0) is 33.4 Å². The van der Waals surface area contributed by atoms with Crippen molar-refractivity contribution in [1.29, 1.82) is 0 Å². The zero-order chi connectivity index (χ0) is 14.5. The highest BCUT2D eigenvalue weighted by Gasteiger charge is 2.17. The molecule has 0 spiro atoms. The summed E-state index contributed by atoms with van der Waals surface area (Å²) in [5.74, 6) is 1.49. The first-order valence-corrected chi connectivity index (χ1v) is 6.64. The molecule has 108 valence electrons. The van der Waals surface area contributed by atoms with E-state index < -0.39 is 5.60 Å². The molecule has 0 saturated heterocycles. The Balaban J connectivity index is 2.95. The lowest BCUT2D eigenvalue weighted by Crippen LogP contribution is -2.28. The Kier molecular flexibility index (Phi) is 5.63. The standard InChI is InChI=1S/C15H25NO3/c1-6-16-11(2)13-8-7-12(18-5)9-14(13)19-10-15(3,4)17/h7-9,11,16-17H,6,10H2,1-5H3. The van der Waals surface area contributed by atoms with E-state index in [1.54, 1.807) is 21.0 Å². The van der Waals surface area contributed by atoms with Gasteiger partial charge in [0.05, 0.1) is 12.7 Å². The predicted octanol–water partition coefficient (Wildman–Crippen LogP) is 2.52. The van der Waals surface area contributed by atoms with Crippen molar-refractivity contribution >= 4 is 0 Å².